The van der Waals surface area contributed by atoms with Crippen molar-refractivity contribution in [2.24, 2.45) is 5.10 Å². The number of hydrogen-bond donors (Lipinski definition) is 0. The van der Waals surface area contributed by atoms with Crippen molar-refractivity contribution in [1.82, 2.24) is 4.98 Å². The monoisotopic (exact) mass is 195 g/mol. The van der Waals surface area contributed by atoms with E-state index in [9.17, 15) is 0 Å². The number of aromatic nitrogens is 1. The van der Waals surface area contributed by atoms with E-state index in [-0.39, 0.29) is 0 Å². The second kappa shape index (κ2) is 3.34. The zero-order valence-electron chi connectivity index (χ0n) is 7.31. The van der Waals surface area contributed by atoms with Crippen molar-refractivity contribution in [3.05, 3.63) is 24.5 Å². The zero-order chi connectivity index (χ0) is 9.26. The predicted molar refractivity (Wildman–Crippen MR) is 54.1 cm³/mol. The van der Waals surface area contributed by atoms with Gasteiger partial charge in [0.25, 0.3) is 0 Å². The van der Waals surface area contributed by atoms with Crippen LogP contribution in [-0.4, -0.2) is 16.2 Å². The summed E-state index contributed by atoms with van der Waals surface area (Å²) in [5.74, 6) is 0. The molecule has 0 saturated carbocycles. The van der Waals surface area contributed by atoms with Crippen LogP contribution in [0.2, 0.25) is 0 Å². The van der Waals surface area contributed by atoms with Crippen molar-refractivity contribution in [3.8, 4) is 0 Å². The number of hydrazone groups is 1. The molecular weight excluding hydrogens is 186 g/mol. The lowest BCUT2D eigenvalue weighted by atomic mass is 10.2. The Morgan fingerprint density at radius 3 is 3.00 bits per heavy atom. The molecule has 1 aromatic heterocycles. The smallest absolute Gasteiger partial charge is 0.128 e. The van der Waals surface area contributed by atoms with Crippen molar-refractivity contribution in [2.45, 2.75) is 19.4 Å². The highest BCUT2D eigenvalue weighted by atomic mass is 35.5. The average molecular weight is 196 g/mol. The molecule has 2 rings (SSSR count). The van der Waals surface area contributed by atoms with Gasteiger partial charge >= 0.3 is 0 Å². The largest absolute Gasteiger partial charge is 0.262 e. The first kappa shape index (κ1) is 8.51. The van der Waals surface area contributed by atoms with Gasteiger partial charge in [0, 0.05) is 12.6 Å². The molecular formula is C9H10ClN3. The van der Waals surface area contributed by atoms with Crippen LogP contribution in [0.3, 0.4) is 0 Å². The molecule has 4 heteroatoms. The van der Waals surface area contributed by atoms with E-state index >= 15 is 0 Å². The summed E-state index contributed by atoms with van der Waals surface area (Å²) in [6, 6.07) is 4.20. The molecule has 1 atom stereocenters. The number of nitrogens with zero attached hydrogens (tertiary/aromatic N) is 3. The number of rotatable bonds is 1. The van der Waals surface area contributed by atoms with Gasteiger partial charge in [0.05, 0.1) is 17.9 Å². The first-order valence-electron chi connectivity index (χ1n) is 4.19. The Bertz CT molecular complexity index is 323. The summed E-state index contributed by atoms with van der Waals surface area (Å²) in [6.07, 6.45) is 4.35. The summed E-state index contributed by atoms with van der Waals surface area (Å²) in [6.45, 7) is 2.09. The van der Waals surface area contributed by atoms with E-state index in [1.54, 1.807) is 12.4 Å². The van der Waals surface area contributed by atoms with E-state index in [1.165, 1.54) is 0 Å². The predicted octanol–water partition coefficient (Wildman–Crippen LogP) is 2.23. The third kappa shape index (κ3) is 1.65. The van der Waals surface area contributed by atoms with Crippen molar-refractivity contribution in [3.63, 3.8) is 0 Å². The third-order valence-electron chi connectivity index (χ3n) is 2.01. The molecule has 0 bridgehead atoms. The molecule has 0 N–H and O–H groups in total. The topological polar surface area (TPSA) is 28.5 Å². The van der Waals surface area contributed by atoms with Gasteiger partial charge in [-0.1, -0.05) is 11.6 Å². The SMILES string of the molecule is CC1CC(Cl)=NN1c1cccnc1. The van der Waals surface area contributed by atoms with Crippen molar-refractivity contribution in [2.75, 3.05) is 5.01 Å². The zero-order valence-corrected chi connectivity index (χ0v) is 8.07. The minimum absolute atomic E-state index is 0.330. The van der Waals surface area contributed by atoms with Gasteiger partial charge in [-0.25, -0.2) is 0 Å². The van der Waals surface area contributed by atoms with E-state index in [4.69, 9.17) is 11.6 Å². The quantitative estimate of drug-likeness (QED) is 0.688. The van der Waals surface area contributed by atoms with Crippen molar-refractivity contribution >= 4 is 22.5 Å². The van der Waals surface area contributed by atoms with Gasteiger partial charge in [-0.05, 0) is 19.1 Å². The molecule has 0 aliphatic carbocycles. The van der Waals surface area contributed by atoms with Gasteiger partial charge in [-0.3, -0.25) is 9.99 Å². The van der Waals surface area contributed by atoms with E-state index in [0.29, 0.717) is 11.2 Å². The van der Waals surface area contributed by atoms with Gasteiger partial charge in [-0.15, -0.1) is 0 Å². The third-order valence-corrected chi connectivity index (χ3v) is 2.24. The van der Waals surface area contributed by atoms with E-state index in [2.05, 4.69) is 17.0 Å². The summed E-state index contributed by atoms with van der Waals surface area (Å²) in [5, 5.41) is 6.78. The molecule has 1 aromatic rings. The second-order valence-corrected chi connectivity index (χ2v) is 3.52. The van der Waals surface area contributed by atoms with Crippen LogP contribution in [0, 0.1) is 0 Å². The molecule has 1 aliphatic rings. The van der Waals surface area contributed by atoms with E-state index < -0.39 is 0 Å². The maximum Gasteiger partial charge on any atom is 0.128 e. The summed E-state index contributed by atoms with van der Waals surface area (Å²) in [7, 11) is 0. The molecule has 0 amide bonds. The molecule has 2 heterocycles. The molecule has 0 saturated heterocycles. The highest BCUT2D eigenvalue weighted by molar-refractivity contribution is 6.65. The molecule has 0 radical (unpaired) electrons. The van der Waals surface area contributed by atoms with Gasteiger partial charge in [-0.2, -0.15) is 5.10 Å². The summed E-state index contributed by atoms with van der Waals surface area (Å²) in [4.78, 5) is 4.03. The van der Waals surface area contributed by atoms with Gasteiger partial charge in [0.15, 0.2) is 0 Å². The fraction of sp³-hybridized carbons (Fsp3) is 0.333. The Hall–Kier alpha value is -1.09. The molecule has 1 unspecified atom stereocenters. The summed E-state index contributed by atoms with van der Waals surface area (Å²) < 4.78 is 0. The highest BCUT2D eigenvalue weighted by Gasteiger charge is 2.22. The first-order valence-corrected chi connectivity index (χ1v) is 4.57. The maximum absolute atomic E-state index is 5.84. The lowest BCUT2D eigenvalue weighted by Crippen LogP contribution is -2.22. The van der Waals surface area contributed by atoms with Crippen molar-refractivity contribution < 1.29 is 0 Å². The Morgan fingerprint density at radius 1 is 1.62 bits per heavy atom. The van der Waals surface area contributed by atoms with Gasteiger partial charge in [0.1, 0.15) is 5.17 Å². The fourth-order valence-electron chi connectivity index (χ4n) is 1.39. The minimum Gasteiger partial charge on any atom is -0.262 e. The van der Waals surface area contributed by atoms with Crippen molar-refractivity contribution in [1.29, 1.82) is 0 Å². The number of halogens is 1. The highest BCUT2D eigenvalue weighted by Crippen LogP contribution is 2.23. The normalized spacial score (nSPS) is 21.8. The Morgan fingerprint density at radius 2 is 2.46 bits per heavy atom. The van der Waals surface area contributed by atoms with Crippen LogP contribution in [0.5, 0.6) is 0 Å². The van der Waals surface area contributed by atoms with Crippen LogP contribution in [0.25, 0.3) is 0 Å². The lowest BCUT2D eigenvalue weighted by molar-refractivity contribution is 0.723. The Labute approximate surface area is 82.0 Å². The van der Waals surface area contributed by atoms with Crippen LogP contribution < -0.4 is 5.01 Å². The number of pyridine rings is 1. The van der Waals surface area contributed by atoms with Crippen LogP contribution in [0.15, 0.2) is 29.6 Å². The van der Waals surface area contributed by atoms with Crippen LogP contribution in [0.4, 0.5) is 5.69 Å². The lowest BCUT2D eigenvalue weighted by Gasteiger charge is -2.18. The minimum atomic E-state index is 0.330. The molecule has 3 nitrogen and oxygen atoms in total. The van der Waals surface area contributed by atoms with Crippen LogP contribution in [0.1, 0.15) is 13.3 Å². The van der Waals surface area contributed by atoms with E-state index in [1.807, 2.05) is 17.1 Å². The number of anilines is 1. The van der Waals surface area contributed by atoms with E-state index in [0.717, 1.165) is 12.1 Å². The summed E-state index contributed by atoms with van der Waals surface area (Å²) >= 11 is 5.84. The molecule has 0 aromatic carbocycles. The number of hydrogen-bond acceptors (Lipinski definition) is 3. The second-order valence-electron chi connectivity index (χ2n) is 3.09. The Balaban J connectivity index is 2.27. The molecule has 0 spiro atoms. The standard InChI is InChI=1S/C9H10ClN3/c1-7-5-9(10)12-13(7)8-3-2-4-11-6-8/h2-4,6-7H,5H2,1H3. The Kier molecular flexibility index (Phi) is 2.19. The maximum atomic E-state index is 5.84. The molecule has 13 heavy (non-hydrogen) atoms. The molecule has 1 aliphatic heterocycles. The average Bonchev–Trinajstić information content (AvgIpc) is 2.47. The summed E-state index contributed by atoms with van der Waals surface area (Å²) in [5.41, 5.74) is 0.991. The first-order chi connectivity index (χ1) is 6.27. The molecule has 0 fully saturated rings. The fourth-order valence-corrected chi connectivity index (χ4v) is 1.69. The van der Waals surface area contributed by atoms with Crippen LogP contribution in [-0.2, 0) is 0 Å². The van der Waals surface area contributed by atoms with Gasteiger partial charge < -0.3 is 0 Å². The van der Waals surface area contributed by atoms with Gasteiger partial charge in [0.2, 0.25) is 0 Å². The van der Waals surface area contributed by atoms with Crippen LogP contribution >= 0.6 is 11.6 Å². The molecule has 68 valence electrons.